The summed E-state index contributed by atoms with van der Waals surface area (Å²) in [5.41, 5.74) is 1.61. The van der Waals surface area contributed by atoms with Crippen LogP contribution in [0.15, 0.2) is 30.5 Å². The number of ketones is 1. The lowest BCUT2D eigenvalue weighted by atomic mass is 9.99. The zero-order valence-electron chi connectivity index (χ0n) is 15.4. The fraction of sp³-hybridized carbons (Fsp3) is 0.350. The summed E-state index contributed by atoms with van der Waals surface area (Å²) in [7, 11) is 1.58. The van der Waals surface area contributed by atoms with Gasteiger partial charge in [-0.1, -0.05) is 0 Å². The highest BCUT2D eigenvalue weighted by Crippen LogP contribution is 2.43. The minimum absolute atomic E-state index is 0.179. The third kappa shape index (κ3) is 3.42. The number of halogens is 2. The van der Waals surface area contributed by atoms with E-state index in [1.165, 1.54) is 16.9 Å². The molecule has 1 saturated carbocycles. The number of hydrogen-bond acceptors (Lipinski definition) is 5. The number of alkyl halides is 2. The molecule has 2 aromatic heterocycles. The maximum Gasteiger partial charge on any atom is 0.278 e. The Hall–Kier alpha value is -3.03. The van der Waals surface area contributed by atoms with Crippen LogP contribution < -0.4 is 4.74 Å². The third-order valence-electron chi connectivity index (χ3n) is 4.68. The summed E-state index contributed by atoms with van der Waals surface area (Å²) in [6, 6.07) is 6.26. The first-order valence-corrected chi connectivity index (χ1v) is 8.94. The van der Waals surface area contributed by atoms with Gasteiger partial charge in [0.25, 0.3) is 5.92 Å². The molecule has 28 heavy (non-hydrogen) atoms. The molecule has 0 unspecified atom stereocenters. The molecule has 1 aromatic carbocycles. The Morgan fingerprint density at radius 3 is 2.79 bits per heavy atom. The molecule has 0 radical (unpaired) electrons. The molecule has 2 heterocycles. The van der Waals surface area contributed by atoms with E-state index < -0.39 is 12.5 Å². The summed E-state index contributed by atoms with van der Waals surface area (Å²) in [5.74, 6) is -3.13. The van der Waals surface area contributed by atoms with Crippen molar-refractivity contribution in [3.63, 3.8) is 0 Å². The fourth-order valence-electron chi connectivity index (χ4n) is 3.13. The molecule has 0 atom stereocenters. The molecule has 0 saturated heterocycles. The van der Waals surface area contributed by atoms with Crippen molar-refractivity contribution in [3.05, 3.63) is 47.3 Å². The van der Waals surface area contributed by atoms with Gasteiger partial charge in [-0.3, -0.25) is 9.78 Å². The second-order valence-electron chi connectivity index (χ2n) is 7.21. The summed E-state index contributed by atoms with van der Waals surface area (Å²) < 4.78 is 32.9. The Morgan fingerprint density at radius 2 is 2.11 bits per heavy atom. The number of aromatic nitrogens is 3. The van der Waals surface area contributed by atoms with E-state index in [-0.39, 0.29) is 28.9 Å². The minimum atomic E-state index is -2.98. The van der Waals surface area contributed by atoms with Crippen LogP contribution >= 0.6 is 0 Å². The lowest BCUT2D eigenvalue weighted by Gasteiger charge is -2.14. The van der Waals surface area contributed by atoms with E-state index in [0.717, 1.165) is 19.8 Å². The Labute approximate surface area is 159 Å². The zero-order chi connectivity index (χ0) is 20.1. The zero-order valence-corrected chi connectivity index (χ0v) is 15.4. The second kappa shape index (κ2) is 6.54. The summed E-state index contributed by atoms with van der Waals surface area (Å²) in [6.45, 7) is -0.00453. The van der Waals surface area contributed by atoms with Crippen LogP contribution in [0.1, 0.15) is 47.3 Å². The molecule has 1 aliphatic rings. The van der Waals surface area contributed by atoms with E-state index in [0.29, 0.717) is 22.2 Å². The highest BCUT2D eigenvalue weighted by Gasteiger charge is 2.34. The normalized spacial score (nSPS) is 14.4. The van der Waals surface area contributed by atoms with Gasteiger partial charge in [0.05, 0.1) is 11.2 Å². The maximum absolute atomic E-state index is 13.2. The Bertz CT molecular complexity index is 1070. The average Bonchev–Trinajstić information content (AvgIpc) is 3.45. The van der Waals surface area contributed by atoms with E-state index in [9.17, 15) is 18.7 Å². The maximum atomic E-state index is 13.2. The molecule has 1 N–H and O–H groups in total. The lowest BCUT2D eigenvalue weighted by Crippen LogP contribution is -2.21. The van der Waals surface area contributed by atoms with Crippen molar-refractivity contribution in [2.24, 2.45) is 7.05 Å². The third-order valence-corrected chi connectivity index (χ3v) is 4.68. The van der Waals surface area contributed by atoms with E-state index in [1.807, 2.05) is 0 Å². The van der Waals surface area contributed by atoms with Crippen LogP contribution in [0.25, 0.3) is 10.9 Å². The fourth-order valence-corrected chi connectivity index (χ4v) is 3.13. The predicted molar refractivity (Wildman–Crippen MR) is 98.1 cm³/mol. The first kappa shape index (κ1) is 18.3. The van der Waals surface area contributed by atoms with Crippen LogP contribution in [0.5, 0.6) is 11.6 Å². The van der Waals surface area contributed by atoms with Crippen LogP contribution in [-0.2, 0) is 7.05 Å². The molecule has 3 aromatic rings. The molecular formula is C20H19F2N3O3. The number of aromatic hydroxyl groups is 1. The summed E-state index contributed by atoms with van der Waals surface area (Å²) in [6.07, 6.45) is 3.33. The minimum Gasteiger partial charge on any atom is -0.493 e. The monoisotopic (exact) mass is 387 g/mol. The highest BCUT2D eigenvalue weighted by molar-refractivity contribution is 6.13. The Kier molecular flexibility index (Phi) is 4.28. The van der Waals surface area contributed by atoms with Gasteiger partial charge in [-0.15, -0.1) is 0 Å². The molecule has 1 aliphatic carbocycles. The van der Waals surface area contributed by atoms with Gasteiger partial charge in [-0.2, -0.15) is 5.10 Å². The Balaban J connectivity index is 1.75. The van der Waals surface area contributed by atoms with Gasteiger partial charge in [0.1, 0.15) is 11.3 Å². The largest absolute Gasteiger partial charge is 0.493 e. The number of rotatable bonds is 6. The van der Waals surface area contributed by atoms with E-state index >= 15 is 0 Å². The van der Waals surface area contributed by atoms with Crippen molar-refractivity contribution < 1.29 is 23.4 Å². The van der Waals surface area contributed by atoms with Crippen molar-refractivity contribution in [3.8, 4) is 11.6 Å². The quantitative estimate of drug-likeness (QED) is 0.651. The molecule has 6 nitrogen and oxygen atoms in total. The number of hydrogen-bond donors (Lipinski definition) is 1. The highest BCUT2D eigenvalue weighted by atomic mass is 19.3. The van der Waals surface area contributed by atoms with Crippen molar-refractivity contribution in [1.82, 2.24) is 14.8 Å². The van der Waals surface area contributed by atoms with E-state index in [1.54, 1.807) is 25.2 Å². The van der Waals surface area contributed by atoms with Gasteiger partial charge in [0.2, 0.25) is 5.88 Å². The van der Waals surface area contributed by atoms with Gasteiger partial charge in [-0.25, -0.2) is 13.5 Å². The number of aryl methyl sites for hydroxylation is 1. The van der Waals surface area contributed by atoms with Crippen molar-refractivity contribution in [2.75, 3.05) is 6.61 Å². The predicted octanol–water partition coefficient (Wildman–Crippen LogP) is 3.82. The molecule has 1 fully saturated rings. The van der Waals surface area contributed by atoms with Crippen LogP contribution in [0.3, 0.4) is 0 Å². The first-order chi connectivity index (χ1) is 13.2. The van der Waals surface area contributed by atoms with Gasteiger partial charge in [0.15, 0.2) is 12.4 Å². The van der Waals surface area contributed by atoms with Crippen molar-refractivity contribution in [1.29, 1.82) is 0 Å². The van der Waals surface area contributed by atoms with Crippen LogP contribution in [0.2, 0.25) is 0 Å². The van der Waals surface area contributed by atoms with E-state index in [2.05, 4.69) is 10.1 Å². The standard InChI is InChI=1S/C20H19F2N3O3/c1-20(21,22)10-28-15-7-8-23-14-6-5-12(9-13(14)15)18(26)16-17(11-3-4-11)24-25(2)19(16)27/h5-9,11,27H,3-4,10H2,1-2H3. The van der Waals surface area contributed by atoms with Crippen LogP contribution in [0, 0.1) is 0 Å². The van der Waals surface area contributed by atoms with Crippen LogP contribution in [0.4, 0.5) is 8.78 Å². The SMILES string of the molecule is Cn1nc(C2CC2)c(C(=O)c2ccc3nccc(OCC(C)(F)F)c3c2)c1O. The number of benzene rings is 1. The number of carbonyl (C=O) groups is 1. The van der Waals surface area contributed by atoms with Crippen molar-refractivity contribution >= 4 is 16.7 Å². The summed E-state index contributed by atoms with van der Waals surface area (Å²) in [4.78, 5) is 17.3. The molecular weight excluding hydrogens is 368 g/mol. The Morgan fingerprint density at radius 1 is 1.36 bits per heavy atom. The number of pyridine rings is 1. The van der Waals surface area contributed by atoms with E-state index in [4.69, 9.17) is 4.74 Å². The topological polar surface area (TPSA) is 77.2 Å². The van der Waals surface area contributed by atoms with Crippen molar-refractivity contribution in [2.45, 2.75) is 31.6 Å². The molecule has 0 amide bonds. The first-order valence-electron chi connectivity index (χ1n) is 8.94. The van der Waals surface area contributed by atoms with Crippen LogP contribution in [-0.4, -0.2) is 38.2 Å². The summed E-state index contributed by atoms with van der Waals surface area (Å²) in [5, 5.41) is 15.1. The molecule has 0 aliphatic heterocycles. The number of nitrogens with zero attached hydrogens (tertiary/aromatic N) is 3. The van der Waals surface area contributed by atoms with Gasteiger partial charge in [0, 0.05) is 37.0 Å². The number of carbonyl (C=O) groups excluding carboxylic acids is 1. The summed E-state index contributed by atoms with van der Waals surface area (Å²) >= 11 is 0. The molecule has 0 spiro atoms. The van der Waals surface area contributed by atoms with Gasteiger partial charge >= 0.3 is 0 Å². The van der Waals surface area contributed by atoms with Gasteiger partial charge in [-0.05, 0) is 37.1 Å². The average molecular weight is 387 g/mol. The van der Waals surface area contributed by atoms with Gasteiger partial charge < -0.3 is 9.84 Å². The smallest absolute Gasteiger partial charge is 0.278 e. The number of ether oxygens (including phenoxy) is 1. The molecule has 146 valence electrons. The molecule has 8 heteroatoms. The molecule has 4 rings (SSSR count). The number of fused-ring (bicyclic) bond motifs is 1. The second-order valence-corrected chi connectivity index (χ2v) is 7.21. The lowest BCUT2D eigenvalue weighted by molar-refractivity contribution is -0.0225. The molecule has 0 bridgehead atoms.